The van der Waals surface area contributed by atoms with Crippen LogP contribution < -0.4 is 0 Å². The van der Waals surface area contributed by atoms with Crippen molar-refractivity contribution in [1.29, 1.82) is 0 Å². The van der Waals surface area contributed by atoms with E-state index in [0.29, 0.717) is 12.0 Å². The first-order chi connectivity index (χ1) is 8.24. The molecule has 0 aromatic rings. The van der Waals surface area contributed by atoms with Crippen molar-refractivity contribution in [3.8, 4) is 0 Å². The third-order valence-electron chi connectivity index (χ3n) is 4.04. The molecule has 0 radical (unpaired) electrons. The molecule has 0 rings (SSSR count). The third kappa shape index (κ3) is 7.81. The maximum atomic E-state index is 9.34. The molecule has 104 valence electrons. The lowest BCUT2D eigenvalue weighted by Gasteiger charge is -2.34. The molecule has 0 spiro atoms. The number of hydrogen-bond acceptors (Lipinski definition) is 1. The summed E-state index contributed by atoms with van der Waals surface area (Å²) in [5.74, 6) is 0. The normalized spacial score (nSPS) is 12.0. The van der Waals surface area contributed by atoms with Crippen LogP contribution in [0.5, 0.6) is 0 Å². The van der Waals surface area contributed by atoms with Crippen LogP contribution in [0.3, 0.4) is 0 Å². The number of aliphatic hydroxyl groups excluding tert-OH is 1. The fourth-order valence-corrected chi connectivity index (χ4v) is 3.02. The lowest BCUT2D eigenvalue weighted by atomic mass is 9.72. The summed E-state index contributed by atoms with van der Waals surface area (Å²) >= 11 is 0. The molecule has 0 aliphatic heterocycles. The van der Waals surface area contributed by atoms with Crippen LogP contribution in [-0.4, -0.2) is 11.7 Å². The third-order valence-corrected chi connectivity index (χ3v) is 4.04. The number of rotatable bonds is 12. The molecule has 0 aliphatic carbocycles. The lowest BCUT2D eigenvalue weighted by Crippen LogP contribution is -2.22. The summed E-state index contributed by atoms with van der Waals surface area (Å²) < 4.78 is 0. The molecule has 0 fully saturated rings. The Bertz CT molecular complexity index is 136. The minimum Gasteiger partial charge on any atom is -0.396 e. The van der Waals surface area contributed by atoms with Crippen molar-refractivity contribution in [3.63, 3.8) is 0 Å². The van der Waals surface area contributed by atoms with Crippen LogP contribution in [0, 0.1) is 5.41 Å². The van der Waals surface area contributed by atoms with Crippen molar-refractivity contribution >= 4 is 0 Å². The second-order valence-electron chi connectivity index (χ2n) is 5.64. The molecule has 0 bridgehead atoms. The Morgan fingerprint density at radius 3 is 1.53 bits per heavy atom. The van der Waals surface area contributed by atoms with Gasteiger partial charge in [-0.2, -0.15) is 0 Å². The summed E-state index contributed by atoms with van der Waals surface area (Å²) in [5.41, 5.74) is 0.452. The Balaban J connectivity index is 4.25. The predicted molar refractivity (Wildman–Crippen MR) is 77.3 cm³/mol. The highest BCUT2D eigenvalue weighted by atomic mass is 16.3. The van der Waals surface area contributed by atoms with E-state index in [2.05, 4.69) is 20.8 Å². The number of aliphatic hydroxyl groups is 1. The zero-order valence-electron chi connectivity index (χ0n) is 12.4. The molecule has 0 aliphatic rings. The Morgan fingerprint density at radius 2 is 1.18 bits per heavy atom. The van der Waals surface area contributed by atoms with Crippen LogP contribution in [0.15, 0.2) is 0 Å². The fourth-order valence-electron chi connectivity index (χ4n) is 3.02. The van der Waals surface area contributed by atoms with Crippen LogP contribution in [0.1, 0.15) is 91.4 Å². The van der Waals surface area contributed by atoms with E-state index in [1.807, 2.05) is 0 Å². The fraction of sp³-hybridized carbons (Fsp3) is 1.00. The number of hydrogen-bond donors (Lipinski definition) is 1. The minimum absolute atomic E-state index is 0.373. The first kappa shape index (κ1) is 17.0. The summed E-state index contributed by atoms with van der Waals surface area (Å²) in [4.78, 5) is 0. The SMILES string of the molecule is CCCCCC(CCC)(CCO)CCCCC. The summed E-state index contributed by atoms with van der Waals surface area (Å²) in [7, 11) is 0. The Kier molecular flexibility index (Phi) is 11.0. The molecule has 0 aromatic heterocycles. The molecule has 1 N–H and O–H groups in total. The zero-order chi connectivity index (χ0) is 13.0. The molecular weight excluding hydrogens is 208 g/mol. The first-order valence-electron chi connectivity index (χ1n) is 7.85. The molecule has 1 nitrogen and oxygen atoms in total. The minimum atomic E-state index is 0.373. The van der Waals surface area contributed by atoms with E-state index in [9.17, 15) is 5.11 Å². The van der Waals surface area contributed by atoms with E-state index in [0.717, 1.165) is 6.42 Å². The maximum absolute atomic E-state index is 9.34. The largest absolute Gasteiger partial charge is 0.396 e. The molecule has 17 heavy (non-hydrogen) atoms. The molecular formula is C16H34O. The van der Waals surface area contributed by atoms with E-state index >= 15 is 0 Å². The lowest BCUT2D eigenvalue weighted by molar-refractivity contribution is 0.136. The molecule has 1 heteroatoms. The van der Waals surface area contributed by atoms with Gasteiger partial charge in [-0.3, -0.25) is 0 Å². The summed E-state index contributed by atoms with van der Waals surface area (Å²) in [6.45, 7) is 7.19. The van der Waals surface area contributed by atoms with Crippen LogP contribution in [-0.2, 0) is 0 Å². The van der Waals surface area contributed by atoms with Gasteiger partial charge in [-0.25, -0.2) is 0 Å². The predicted octanol–water partition coefficient (Wildman–Crippen LogP) is 5.32. The summed E-state index contributed by atoms with van der Waals surface area (Å²) in [6.07, 6.45) is 14.3. The van der Waals surface area contributed by atoms with Gasteiger partial charge in [0.25, 0.3) is 0 Å². The summed E-state index contributed by atoms with van der Waals surface area (Å²) in [5, 5.41) is 9.34. The second-order valence-corrected chi connectivity index (χ2v) is 5.64. The molecule has 0 saturated carbocycles. The van der Waals surface area contributed by atoms with Crippen LogP contribution in [0.4, 0.5) is 0 Å². The highest BCUT2D eigenvalue weighted by molar-refractivity contribution is 4.79. The van der Waals surface area contributed by atoms with Gasteiger partial charge in [0.05, 0.1) is 0 Å². The summed E-state index contributed by atoms with van der Waals surface area (Å²) in [6, 6.07) is 0. The second kappa shape index (κ2) is 11.1. The Morgan fingerprint density at radius 1 is 0.647 bits per heavy atom. The Labute approximate surface area is 109 Å². The monoisotopic (exact) mass is 242 g/mol. The van der Waals surface area contributed by atoms with Gasteiger partial charge >= 0.3 is 0 Å². The topological polar surface area (TPSA) is 20.2 Å². The average molecular weight is 242 g/mol. The van der Waals surface area contributed by atoms with Crippen LogP contribution >= 0.6 is 0 Å². The van der Waals surface area contributed by atoms with E-state index < -0.39 is 0 Å². The standard InChI is InChI=1S/C16H34O/c1-4-7-9-12-16(11-6-3,14-15-17)13-10-8-5-2/h17H,4-15H2,1-3H3. The van der Waals surface area contributed by atoms with Gasteiger partial charge in [-0.1, -0.05) is 65.7 Å². The molecule has 0 atom stereocenters. The molecule has 0 unspecified atom stereocenters. The van der Waals surface area contributed by atoms with Crippen molar-refractivity contribution in [3.05, 3.63) is 0 Å². The number of unbranched alkanes of at least 4 members (excludes halogenated alkanes) is 4. The molecule has 0 amide bonds. The van der Waals surface area contributed by atoms with Crippen LogP contribution in [0.2, 0.25) is 0 Å². The van der Waals surface area contributed by atoms with Gasteiger partial charge in [0.15, 0.2) is 0 Å². The highest BCUT2D eigenvalue weighted by Crippen LogP contribution is 2.39. The highest BCUT2D eigenvalue weighted by Gasteiger charge is 2.27. The molecule has 0 aromatic carbocycles. The average Bonchev–Trinajstić information content (AvgIpc) is 2.30. The molecule has 0 heterocycles. The van der Waals surface area contributed by atoms with Gasteiger partial charge in [0.1, 0.15) is 0 Å². The quantitative estimate of drug-likeness (QED) is 0.459. The van der Waals surface area contributed by atoms with E-state index in [-0.39, 0.29) is 0 Å². The smallest absolute Gasteiger partial charge is 0.0436 e. The van der Waals surface area contributed by atoms with Crippen molar-refractivity contribution in [2.24, 2.45) is 5.41 Å². The molecule has 0 saturated heterocycles. The van der Waals surface area contributed by atoms with Crippen molar-refractivity contribution in [2.45, 2.75) is 91.4 Å². The first-order valence-corrected chi connectivity index (χ1v) is 7.85. The van der Waals surface area contributed by atoms with Crippen molar-refractivity contribution < 1.29 is 5.11 Å². The van der Waals surface area contributed by atoms with E-state index in [1.54, 1.807) is 0 Å². The van der Waals surface area contributed by atoms with Crippen molar-refractivity contribution in [2.75, 3.05) is 6.61 Å². The van der Waals surface area contributed by atoms with Gasteiger partial charge in [0.2, 0.25) is 0 Å². The van der Waals surface area contributed by atoms with Crippen molar-refractivity contribution in [1.82, 2.24) is 0 Å². The van der Waals surface area contributed by atoms with Gasteiger partial charge in [-0.15, -0.1) is 0 Å². The van der Waals surface area contributed by atoms with Gasteiger partial charge in [0, 0.05) is 6.61 Å². The maximum Gasteiger partial charge on any atom is 0.0436 e. The van der Waals surface area contributed by atoms with E-state index in [4.69, 9.17) is 0 Å². The van der Waals surface area contributed by atoms with Gasteiger partial charge in [-0.05, 0) is 31.1 Å². The zero-order valence-corrected chi connectivity index (χ0v) is 12.4. The van der Waals surface area contributed by atoms with E-state index in [1.165, 1.54) is 64.2 Å². The van der Waals surface area contributed by atoms with Gasteiger partial charge < -0.3 is 5.11 Å². The van der Waals surface area contributed by atoms with Crippen LogP contribution in [0.25, 0.3) is 0 Å². The Hall–Kier alpha value is -0.0400.